The van der Waals surface area contributed by atoms with Crippen LogP contribution in [0.4, 0.5) is 0 Å². The van der Waals surface area contributed by atoms with E-state index in [2.05, 4.69) is 6.92 Å². The molecule has 0 aliphatic carbocycles. The van der Waals surface area contributed by atoms with E-state index in [4.69, 9.17) is 9.84 Å². The van der Waals surface area contributed by atoms with Gasteiger partial charge in [-0.1, -0.05) is 26.2 Å². The number of hydrogen-bond donors (Lipinski definition) is 4. The molecule has 0 saturated carbocycles. The van der Waals surface area contributed by atoms with Crippen molar-refractivity contribution in [2.45, 2.75) is 62.5 Å². The topological polar surface area (TPSA) is 90.2 Å². The molecule has 5 atom stereocenters. The molecule has 0 aromatic heterocycles. The van der Waals surface area contributed by atoms with E-state index in [-0.39, 0.29) is 6.61 Å². The van der Waals surface area contributed by atoms with Gasteiger partial charge in [-0.2, -0.15) is 0 Å². The highest BCUT2D eigenvalue weighted by atomic mass is 32.2. The lowest BCUT2D eigenvalue weighted by atomic mass is 10.0. The van der Waals surface area contributed by atoms with Gasteiger partial charge >= 0.3 is 0 Å². The zero-order chi connectivity index (χ0) is 13.5. The summed E-state index contributed by atoms with van der Waals surface area (Å²) in [7, 11) is 0. The lowest BCUT2D eigenvalue weighted by Gasteiger charge is -2.39. The second-order valence-electron chi connectivity index (χ2n) is 4.63. The van der Waals surface area contributed by atoms with Gasteiger partial charge in [0.25, 0.3) is 0 Å². The third-order valence-electron chi connectivity index (χ3n) is 3.13. The molecule has 1 saturated heterocycles. The third-order valence-corrected chi connectivity index (χ3v) is 4.37. The normalized spacial score (nSPS) is 36.8. The third kappa shape index (κ3) is 4.36. The number of aliphatic hydroxyl groups excluding tert-OH is 4. The van der Waals surface area contributed by atoms with Crippen LogP contribution in [-0.2, 0) is 4.74 Å². The predicted molar refractivity (Wildman–Crippen MR) is 70.4 cm³/mol. The molecule has 0 spiro atoms. The molecule has 0 unspecified atom stereocenters. The first-order valence-electron chi connectivity index (χ1n) is 6.54. The van der Waals surface area contributed by atoms with Crippen LogP contribution in [0.25, 0.3) is 0 Å². The van der Waals surface area contributed by atoms with Crippen LogP contribution >= 0.6 is 11.8 Å². The standard InChI is InChI=1S/C12H24O5S/c1-2-3-4-5-6-18-12-11(16)10(15)9(14)8(7-13)17-12/h8-16H,2-7H2,1H3/t8-,9-,10+,11-,12-/m1/s1. The van der Waals surface area contributed by atoms with Crippen molar-refractivity contribution in [1.29, 1.82) is 0 Å². The summed E-state index contributed by atoms with van der Waals surface area (Å²) >= 11 is 1.43. The smallest absolute Gasteiger partial charge is 0.132 e. The Kier molecular flexibility index (Phi) is 7.51. The van der Waals surface area contributed by atoms with E-state index in [1.165, 1.54) is 24.6 Å². The molecule has 18 heavy (non-hydrogen) atoms. The first-order valence-corrected chi connectivity index (χ1v) is 7.58. The molecule has 0 bridgehead atoms. The molecule has 0 aromatic carbocycles. The second kappa shape index (κ2) is 8.35. The quantitative estimate of drug-likeness (QED) is 0.495. The number of ether oxygens (including phenoxy) is 1. The summed E-state index contributed by atoms with van der Waals surface area (Å²) < 4.78 is 5.39. The molecule has 1 aliphatic heterocycles. The molecule has 1 aliphatic rings. The second-order valence-corrected chi connectivity index (χ2v) is 5.83. The Labute approximate surface area is 112 Å². The Morgan fingerprint density at radius 2 is 1.72 bits per heavy atom. The van der Waals surface area contributed by atoms with E-state index < -0.39 is 29.9 Å². The van der Waals surface area contributed by atoms with Crippen LogP contribution in [0.2, 0.25) is 0 Å². The number of unbranched alkanes of at least 4 members (excludes halogenated alkanes) is 3. The van der Waals surface area contributed by atoms with Crippen molar-refractivity contribution in [1.82, 2.24) is 0 Å². The first kappa shape index (κ1) is 16.2. The van der Waals surface area contributed by atoms with Crippen LogP contribution in [0.15, 0.2) is 0 Å². The lowest BCUT2D eigenvalue weighted by Crippen LogP contribution is -2.57. The van der Waals surface area contributed by atoms with Gasteiger partial charge in [0.15, 0.2) is 0 Å². The monoisotopic (exact) mass is 280 g/mol. The van der Waals surface area contributed by atoms with E-state index in [1.54, 1.807) is 0 Å². The van der Waals surface area contributed by atoms with Gasteiger partial charge < -0.3 is 25.2 Å². The Morgan fingerprint density at radius 1 is 1.00 bits per heavy atom. The largest absolute Gasteiger partial charge is 0.394 e. The van der Waals surface area contributed by atoms with Crippen molar-refractivity contribution in [2.24, 2.45) is 0 Å². The van der Waals surface area contributed by atoms with Crippen molar-refractivity contribution in [3.8, 4) is 0 Å². The first-order chi connectivity index (χ1) is 8.61. The summed E-state index contributed by atoms with van der Waals surface area (Å²) in [6, 6.07) is 0. The van der Waals surface area contributed by atoms with Crippen molar-refractivity contribution in [3.63, 3.8) is 0 Å². The Hall–Kier alpha value is 0.150. The van der Waals surface area contributed by atoms with E-state index in [0.29, 0.717) is 0 Å². The minimum Gasteiger partial charge on any atom is -0.394 e. The number of aliphatic hydroxyl groups is 4. The van der Waals surface area contributed by atoms with Gasteiger partial charge in [-0.3, -0.25) is 0 Å². The highest BCUT2D eigenvalue weighted by Gasteiger charge is 2.43. The Bertz CT molecular complexity index is 227. The molecule has 0 radical (unpaired) electrons. The highest BCUT2D eigenvalue weighted by Crippen LogP contribution is 2.29. The number of hydrogen-bond acceptors (Lipinski definition) is 6. The lowest BCUT2D eigenvalue weighted by molar-refractivity contribution is -0.205. The summed E-state index contributed by atoms with van der Waals surface area (Å²) in [6.45, 7) is 1.78. The molecule has 1 heterocycles. The van der Waals surface area contributed by atoms with Crippen LogP contribution in [0.3, 0.4) is 0 Å². The SMILES string of the molecule is CCCCCCS[C@H]1O[C@H](CO)[C@@H](O)[C@H](O)[C@H]1O. The van der Waals surface area contributed by atoms with Gasteiger partial charge in [0.05, 0.1) is 6.61 Å². The molecule has 0 amide bonds. The van der Waals surface area contributed by atoms with Crippen molar-refractivity contribution in [3.05, 3.63) is 0 Å². The summed E-state index contributed by atoms with van der Waals surface area (Å²) in [5.41, 5.74) is -0.581. The van der Waals surface area contributed by atoms with Crippen molar-refractivity contribution in [2.75, 3.05) is 12.4 Å². The average molecular weight is 280 g/mol. The van der Waals surface area contributed by atoms with Crippen LogP contribution in [0.5, 0.6) is 0 Å². The summed E-state index contributed by atoms with van der Waals surface area (Å²) in [6.07, 6.45) is 0.107. The zero-order valence-corrected chi connectivity index (χ0v) is 11.6. The zero-order valence-electron chi connectivity index (χ0n) is 10.7. The van der Waals surface area contributed by atoms with E-state index in [0.717, 1.165) is 18.6 Å². The fourth-order valence-electron chi connectivity index (χ4n) is 1.93. The van der Waals surface area contributed by atoms with Crippen LogP contribution in [0, 0.1) is 0 Å². The van der Waals surface area contributed by atoms with Gasteiger partial charge in [-0.25, -0.2) is 0 Å². The highest BCUT2D eigenvalue weighted by molar-refractivity contribution is 7.99. The average Bonchev–Trinajstić information content (AvgIpc) is 2.38. The summed E-state index contributed by atoms with van der Waals surface area (Å²) in [5.74, 6) is 0.836. The van der Waals surface area contributed by atoms with Gasteiger partial charge in [-0.05, 0) is 12.2 Å². The molecule has 5 nitrogen and oxygen atoms in total. The molecular formula is C12H24O5S. The Morgan fingerprint density at radius 3 is 2.33 bits per heavy atom. The van der Waals surface area contributed by atoms with Crippen molar-refractivity contribution >= 4 is 11.8 Å². The number of thioether (sulfide) groups is 1. The fourth-order valence-corrected chi connectivity index (χ4v) is 3.12. The van der Waals surface area contributed by atoms with E-state index >= 15 is 0 Å². The molecule has 1 rings (SSSR count). The van der Waals surface area contributed by atoms with Gasteiger partial charge in [0.1, 0.15) is 29.9 Å². The van der Waals surface area contributed by atoms with E-state index in [1.807, 2.05) is 0 Å². The van der Waals surface area contributed by atoms with Crippen LogP contribution < -0.4 is 0 Å². The maximum absolute atomic E-state index is 9.79. The van der Waals surface area contributed by atoms with Gasteiger partial charge in [-0.15, -0.1) is 11.8 Å². The minimum absolute atomic E-state index is 0.363. The predicted octanol–water partition coefficient (Wildman–Crippen LogP) is 0.0998. The molecule has 108 valence electrons. The number of rotatable bonds is 7. The Balaban J connectivity index is 2.35. The molecular weight excluding hydrogens is 256 g/mol. The molecule has 1 fully saturated rings. The van der Waals surface area contributed by atoms with Crippen LogP contribution in [0.1, 0.15) is 32.6 Å². The fraction of sp³-hybridized carbons (Fsp3) is 1.00. The van der Waals surface area contributed by atoms with Gasteiger partial charge in [0, 0.05) is 0 Å². The maximum atomic E-state index is 9.79. The summed E-state index contributed by atoms with van der Waals surface area (Å²) in [5, 5.41) is 38.0. The summed E-state index contributed by atoms with van der Waals surface area (Å²) in [4.78, 5) is 0. The molecule has 0 aromatic rings. The molecule has 6 heteroatoms. The van der Waals surface area contributed by atoms with Crippen LogP contribution in [-0.4, -0.2) is 62.6 Å². The minimum atomic E-state index is -1.26. The van der Waals surface area contributed by atoms with Gasteiger partial charge in [0.2, 0.25) is 0 Å². The maximum Gasteiger partial charge on any atom is 0.132 e. The van der Waals surface area contributed by atoms with E-state index in [9.17, 15) is 15.3 Å². The van der Waals surface area contributed by atoms with Crippen molar-refractivity contribution < 1.29 is 25.2 Å². The molecule has 4 N–H and O–H groups in total.